The molecule has 0 atom stereocenters. The van der Waals surface area contributed by atoms with Gasteiger partial charge < -0.3 is 10.1 Å². The van der Waals surface area contributed by atoms with Crippen molar-refractivity contribution in [2.75, 3.05) is 19.0 Å². The fraction of sp³-hybridized carbons (Fsp3) is 0.263. The van der Waals surface area contributed by atoms with Gasteiger partial charge in [0.15, 0.2) is 0 Å². The second kappa shape index (κ2) is 8.41. The fourth-order valence-electron chi connectivity index (χ4n) is 2.61. The molecule has 0 aliphatic rings. The van der Waals surface area contributed by atoms with Crippen molar-refractivity contribution < 1.29 is 9.53 Å². The Morgan fingerprint density at radius 1 is 1.11 bits per heavy atom. The summed E-state index contributed by atoms with van der Waals surface area (Å²) in [7, 11) is 1.54. The van der Waals surface area contributed by atoms with E-state index in [1.54, 1.807) is 10.7 Å². The van der Waals surface area contributed by atoms with Gasteiger partial charge in [-0.05, 0) is 18.6 Å². The standard InChI is InChI=1S/C19H21N5O3/c1-14-12-17(24(21-14)13-15-6-4-3-5-7-15)20-19(26)16-8-9-18(25)23(22-16)10-11-27-2/h3-9,12H,10-11,13H2,1-2H3,(H,20,26). The van der Waals surface area contributed by atoms with Gasteiger partial charge in [-0.1, -0.05) is 30.3 Å². The van der Waals surface area contributed by atoms with Crippen molar-refractivity contribution in [1.82, 2.24) is 19.6 Å². The zero-order valence-corrected chi connectivity index (χ0v) is 15.3. The van der Waals surface area contributed by atoms with Crippen LogP contribution in [-0.4, -0.2) is 39.2 Å². The van der Waals surface area contributed by atoms with Crippen LogP contribution in [0.5, 0.6) is 0 Å². The molecule has 0 radical (unpaired) electrons. The van der Waals surface area contributed by atoms with Gasteiger partial charge in [0.25, 0.3) is 11.5 Å². The second-order valence-electron chi connectivity index (χ2n) is 6.04. The number of carbonyl (C=O) groups is 1. The molecule has 0 saturated heterocycles. The van der Waals surface area contributed by atoms with Crippen molar-refractivity contribution in [2.24, 2.45) is 0 Å². The molecule has 1 N–H and O–H groups in total. The average molecular weight is 367 g/mol. The van der Waals surface area contributed by atoms with Gasteiger partial charge in [-0.2, -0.15) is 10.2 Å². The lowest BCUT2D eigenvalue weighted by molar-refractivity contribution is 0.101. The Bertz CT molecular complexity index is 979. The SMILES string of the molecule is COCCn1nc(C(=O)Nc2cc(C)nn2Cc2ccccc2)ccc1=O. The number of anilines is 1. The number of aryl methyl sites for hydroxylation is 1. The number of aromatic nitrogens is 4. The molecule has 2 heterocycles. The highest BCUT2D eigenvalue weighted by Gasteiger charge is 2.14. The summed E-state index contributed by atoms with van der Waals surface area (Å²) in [6, 6.07) is 14.4. The van der Waals surface area contributed by atoms with E-state index in [1.165, 1.54) is 23.9 Å². The van der Waals surface area contributed by atoms with E-state index >= 15 is 0 Å². The van der Waals surface area contributed by atoms with Crippen LogP contribution in [0.15, 0.2) is 53.3 Å². The Balaban J connectivity index is 1.79. The first kappa shape index (κ1) is 18.5. The maximum absolute atomic E-state index is 12.6. The van der Waals surface area contributed by atoms with Gasteiger partial charge in [0.1, 0.15) is 11.5 Å². The monoisotopic (exact) mass is 367 g/mol. The second-order valence-corrected chi connectivity index (χ2v) is 6.04. The molecular formula is C19H21N5O3. The number of amides is 1. The molecule has 0 bridgehead atoms. The summed E-state index contributed by atoms with van der Waals surface area (Å²) in [6.45, 7) is 3.01. The van der Waals surface area contributed by atoms with Crippen LogP contribution in [0.4, 0.5) is 5.82 Å². The number of nitrogens with one attached hydrogen (secondary N) is 1. The summed E-state index contributed by atoms with van der Waals surface area (Å²) >= 11 is 0. The van der Waals surface area contributed by atoms with Crippen LogP contribution >= 0.6 is 0 Å². The van der Waals surface area contributed by atoms with Crippen molar-refractivity contribution >= 4 is 11.7 Å². The largest absolute Gasteiger partial charge is 0.383 e. The zero-order chi connectivity index (χ0) is 19.2. The highest BCUT2D eigenvalue weighted by molar-refractivity contribution is 6.02. The molecule has 0 aliphatic carbocycles. The lowest BCUT2D eigenvalue weighted by Gasteiger charge is -2.10. The molecule has 3 aromatic rings. The minimum Gasteiger partial charge on any atom is -0.383 e. The van der Waals surface area contributed by atoms with Gasteiger partial charge in [-0.15, -0.1) is 0 Å². The summed E-state index contributed by atoms with van der Waals surface area (Å²) < 4.78 is 7.90. The molecule has 8 nitrogen and oxygen atoms in total. The molecule has 3 rings (SSSR count). The zero-order valence-electron chi connectivity index (χ0n) is 15.3. The van der Waals surface area contributed by atoms with E-state index < -0.39 is 5.91 Å². The molecular weight excluding hydrogens is 346 g/mol. The molecule has 27 heavy (non-hydrogen) atoms. The molecule has 0 saturated carbocycles. The number of carbonyl (C=O) groups excluding carboxylic acids is 1. The van der Waals surface area contributed by atoms with Gasteiger partial charge in [0, 0.05) is 19.2 Å². The molecule has 8 heteroatoms. The highest BCUT2D eigenvalue weighted by atomic mass is 16.5. The molecule has 0 spiro atoms. The Labute approximate surface area is 156 Å². The van der Waals surface area contributed by atoms with Crippen molar-refractivity contribution in [2.45, 2.75) is 20.0 Å². The number of benzene rings is 1. The Morgan fingerprint density at radius 3 is 2.63 bits per heavy atom. The topological polar surface area (TPSA) is 91.0 Å². The van der Waals surface area contributed by atoms with Crippen molar-refractivity contribution in [1.29, 1.82) is 0 Å². The molecule has 2 aromatic heterocycles. The van der Waals surface area contributed by atoms with Crippen molar-refractivity contribution in [3.8, 4) is 0 Å². The number of hydrogen-bond donors (Lipinski definition) is 1. The quantitative estimate of drug-likeness (QED) is 0.686. The molecule has 0 fully saturated rings. The smallest absolute Gasteiger partial charge is 0.277 e. The maximum Gasteiger partial charge on any atom is 0.277 e. The number of rotatable bonds is 7. The first-order valence-corrected chi connectivity index (χ1v) is 8.53. The van der Waals surface area contributed by atoms with E-state index in [0.29, 0.717) is 19.0 Å². The van der Waals surface area contributed by atoms with Crippen LogP contribution in [-0.2, 0) is 17.8 Å². The van der Waals surface area contributed by atoms with Crippen LogP contribution < -0.4 is 10.9 Å². The third-order valence-electron chi connectivity index (χ3n) is 3.93. The van der Waals surface area contributed by atoms with Gasteiger partial charge in [-0.25, -0.2) is 9.36 Å². The Morgan fingerprint density at radius 2 is 1.89 bits per heavy atom. The normalized spacial score (nSPS) is 10.7. The van der Waals surface area contributed by atoms with E-state index in [-0.39, 0.29) is 17.8 Å². The van der Waals surface area contributed by atoms with Crippen molar-refractivity contribution in [3.05, 3.63) is 75.8 Å². The van der Waals surface area contributed by atoms with Crippen LogP contribution in [0.25, 0.3) is 0 Å². The number of ether oxygens (including phenoxy) is 1. The van der Waals surface area contributed by atoms with E-state index in [2.05, 4.69) is 15.5 Å². The average Bonchev–Trinajstić information content (AvgIpc) is 3.00. The summed E-state index contributed by atoms with van der Waals surface area (Å²) in [4.78, 5) is 24.4. The first-order valence-electron chi connectivity index (χ1n) is 8.53. The molecule has 1 amide bonds. The number of hydrogen-bond acceptors (Lipinski definition) is 5. The summed E-state index contributed by atoms with van der Waals surface area (Å²) in [5.74, 6) is 0.160. The number of nitrogens with zero attached hydrogens (tertiary/aromatic N) is 4. The van der Waals surface area contributed by atoms with E-state index in [0.717, 1.165) is 11.3 Å². The number of methoxy groups -OCH3 is 1. The third kappa shape index (κ3) is 4.68. The summed E-state index contributed by atoms with van der Waals surface area (Å²) in [6.07, 6.45) is 0. The predicted octanol–water partition coefficient (Wildman–Crippen LogP) is 1.70. The molecule has 140 valence electrons. The lowest BCUT2D eigenvalue weighted by atomic mass is 10.2. The van der Waals surface area contributed by atoms with Gasteiger partial charge in [0.2, 0.25) is 0 Å². The van der Waals surface area contributed by atoms with Gasteiger partial charge >= 0.3 is 0 Å². The van der Waals surface area contributed by atoms with Gasteiger partial charge in [-0.3, -0.25) is 9.59 Å². The Hall–Kier alpha value is -3.26. The van der Waals surface area contributed by atoms with Crippen LogP contribution in [0.1, 0.15) is 21.7 Å². The van der Waals surface area contributed by atoms with Gasteiger partial charge in [0.05, 0.1) is 25.4 Å². The summed E-state index contributed by atoms with van der Waals surface area (Å²) in [5.41, 5.74) is 1.73. The third-order valence-corrected chi connectivity index (χ3v) is 3.93. The predicted molar refractivity (Wildman–Crippen MR) is 101 cm³/mol. The van der Waals surface area contributed by atoms with Crippen LogP contribution in [0, 0.1) is 6.92 Å². The fourth-order valence-corrected chi connectivity index (χ4v) is 2.61. The van der Waals surface area contributed by atoms with E-state index in [9.17, 15) is 9.59 Å². The maximum atomic E-state index is 12.6. The van der Waals surface area contributed by atoms with Crippen LogP contribution in [0.3, 0.4) is 0 Å². The van der Waals surface area contributed by atoms with Crippen LogP contribution in [0.2, 0.25) is 0 Å². The molecule has 1 aromatic carbocycles. The highest BCUT2D eigenvalue weighted by Crippen LogP contribution is 2.14. The molecule has 0 aliphatic heterocycles. The first-order chi connectivity index (χ1) is 13.1. The van der Waals surface area contributed by atoms with Crippen molar-refractivity contribution in [3.63, 3.8) is 0 Å². The lowest BCUT2D eigenvalue weighted by Crippen LogP contribution is -2.28. The van der Waals surface area contributed by atoms with E-state index in [1.807, 2.05) is 37.3 Å². The molecule has 0 unspecified atom stereocenters. The van der Waals surface area contributed by atoms with E-state index in [4.69, 9.17) is 4.74 Å². The summed E-state index contributed by atoms with van der Waals surface area (Å²) in [5, 5.41) is 11.4. The minimum atomic E-state index is -0.407. The minimum absolute atomic E-state index is 0.149. The Kier molecular flexibility index (Phi) is 5.77.